The van der Waals surface area contributed by atoms with Crippen LogP contribution in [0.2, 0.25) is 0 Å². The summed E-state index contributed by atoms with van der Waals surface area (Å²) in [6, 6.07) is 19.0. The molecule has 0 bridgehead atoms. The summed E-state index contributed by atoms with van der Waals surface area (Å²) >= 11 is 0. The van der Waals surface area contributed by atoms with Crippen LogP contribution in [0.3, 0.4) is 0 Å². The summed E-state index contributed by atoms with van der Waals surface area (Å²) in [5, 5.41) is 4.97. The Balaban J connectivity index is 2.35. The van der Waals surface area contributed by atoms with E-state index in [1.54, 1.807) is 0 Å². The van der Waals surface area contributed by atoms with Crippen molar-refractivity contribution in [3.8, 4) is 0 Å². The van der Waals surface area contributed by atoms with Gasteiger partial charge >= 0.3 is 0 Å². The van der Waals surface area contributed by atoms with Crippen LogP contribution in [0, 0.1) is 6.92 Å². The van der Waals surface area contributed by atoms with Gasteiger partial charge in [-0.1, -0.05) is 48.0 Å². The van der Waals surface area contributed by atoms with Gasteiger partial charge < -0.3 is 4.42 Å². The van der Waals surface area contributed by atoms with Crippen molar-refractivity contribution in [1.29, 1.82) is 0 Å². The number of aryl methyl sites for hydroxylation is 1. The lowest BCUT2D eigenvalue weighted by Gasteiger charge is -2.01. The number of para-hydroxylation sites is 1. The monoisotopic (exact) mass is 232 g/mol. The molecule has 3 aromatic carbocycles. The average Bonchev–Trinajstić information content (AvgIpc) is 2.77. The molecule has 0 aliphatic carbocycles. The minimum Gasteiger partial charge on any atom is -0.456 e. The molecule has 0 atom stereocenters. The van der Waals surface area contributed by atoms with Crippen molar-refractivity contribution in [3.05, 3.63) is 60.2 Å². The zero-order chi connectivity index (χ0) is 12.1. The predicted octanol–water partition coefficient (Wildman–Crippen LogP) is 5.05. The van der Waals surface area contributed by atoms with Gasteiger partial charge in [-0.3, -0.25) is 0 Å². The predicted molar refractivity (Wildman–Crippen MR) is 76.0 cm³/mol. The van der Waals surface area contributed by atoms with E-state index < -0.39 is 0 Å². The van der Waals surface area contributed by atoms with Crippen LogP contribution in [0.25, 0.3) is 32.7 Å². The van der Waals surface area contributed by atoms with Gasteiger partial charge in [0, 0.05) is 10.8 Å². The van der Waals surface area contributed by atoms with Crippen LogP contribution >= 0.6 is 0 Å². The normalized spacial score (nSPS) is 11.6. The molecular weight excluding hydrogens is 220 g/mol. The maximum atomic E-state index is 5.90. The quantitative estimate of drug-likeness (QED) is 0.413. The van der Waals surface area contributed by atoms with Crippen molar-refractivity contribution in [3.63, 3.8) is 0 Å². The first-order valence-corrected chi connectivity index (χ1v) is 6.13. The average molecular weight is 232 g/mol. The lowest BCUT2D eigenvalue weighted by Crippen LogP contribution is -1.76. The summed E-state index contributed by atoms with van der Waals surface area (Å²) in [7, 11) is 0. The minimum absolute atomic E-state index is 0.960. The zero-order valence-corrected chi connectivity index (χ0v) is 10.1. The summed E-state index contributed by atoms with van der Waals surface area (Å²) in [5.74, 6) is 0. The molecule has 0 aliphatic rings. The van der Waals surface area contributed by atoms with Gasteiger partial charge in [-0.2, -0.15) is 0 Å². The third kappa shape index (κ3) is 1.22. The number of hydrogen-bond acceptors (Lipinski definition) is 1. The molecule has 0 N–H and O–H groups in total. The summed E-state index contributed by atoms with van der Waals surface area (Å²) in [4.78, 5) is 0. The fourth-order valence-electron chi connectivity index (χ4n) is 2.66. The van der Waals surface area contributed by atoms with Crippen molar-refractivity contribution < 1.29 is 4.42 Å². The van der Waals surface area contributed by atoms with Gasteiger partial charge in [0.1, 0.15) is 11.2 Å². The maximum absolute atomic E-state index is 5.90. The number of fused-ring (bicyclic) bond motifs is 5. The van der Waals surface area contributed by atoms with Gasteiger partial charge in [0.05, 0.1) is 0 Å². The van der Waals surface area contributed by atoms with Crippen LogP contribution in [-0.2, 0) is 0 Å². The van der Waals surface area contributed by atoms with Crippen LogP contribution in [0.5, 0.6) is 0 Å². The molecule has 0 aliphatic heterocycles. The molecule has 0 saturated heterocycles. The second-order valence-electron chi connectivity index (χ2n) is 4.76. The molecule has 1 aromatic heterocycles. The van der Waals surface area contributed by atoms with Crippen LogP contribution in [0.4, 0.5) is 0 Å². The highest BCUT2D eigenvalue weighted by Gasteiger charge is 2.09. The van der Waals surface area contributed by atoms with E-state index in [-0.39, 0.29) is 0 Å². The lowest BCUT2D eigenvalue weighted by atomic mass is 10.0. The van der Waals surface area contributed by atoms with E-state index in [9.17, 15) is 0 Å². The summed E-state index contributed by atoms with van der Waals surface area (Å²) < 4.78 is 5.90. The summed E-state index contributed by atoms with van der Waals surface area (Å²) in [6.45, 7) is 2.13. The molecule has 0 fully saturated rings. The number of hydrogen-bond donors (Lipinski definition) is 0. The molecule has 0 unspecified atom stereocenters. The first-order chi connectivity index (χ1) is 8.83. The molecule has 4 aromatic rings. The second-order valence-corrected chi connectivity index (χ2v) is 4.76. The standard InChI is InChI=1S/C17H12O/c1-11-6-7-12-8-9-16-17(14(12)10-11)13-4-2-3-5-15(13)18-16/h2-10H,1H3. The van der Waals surface area contributed by atoms with E-state index in [0.29, 0.717) is 0 Å². The first kappa shape index (κ1) is 9.72. The van der Waals surface area contributed by atoms with E-state index in [0.717, 1.165) is 11.2 Å². The van der Waals surface area contributed by atoms with Crippen molar-refractivity contribution in [2.45, 2.75) is 6.92 Å². The Kier molecular flexibility index (Phi) is 1.81. The lowest BCUT2D eigenvalue weighted by molar-refractivity contribution is 0.669. The van der Waals surface area contributed by atoms with Gasteiger partial charge in [0.2, 0.25) is 0 Å². The van der Waals surface area contributed by atoms with Crippen molar-refractivity contribution in [2.75, 3.05) is 0 Å². The van der Waals surface area contributed by atoms with E-state index in [1.165, 1.54) is 27.1 Å². The van der Waals surface area contributed by atoms with Crippen LogP contribution in [-0.4, -0.2) is 0 Å². The molecule has 0 radical (unpaired) electrons. The molecule has 86 valence electrons. The molecule has 18 heavy (non-hydrogen) atoms. The Morgan fingerprint density at radius 1 is 0.778 bits per heavy atom. The largest absolute Gasteiger partial charge is 0.456 e. The Labute approximate surface area is 105 Å². The molecule has 4 rings (SSSR count). The van der Waals surface area contributed by atoms with Crippen molar-refractivity contribution in [2.24, 2.45) is 0 Å². The molecule has 0 spiro atoms. The molecule has 1 nitrogen and oxygen atoms in total. The molecule has 0 amide bonds. The Bertz CT molecular complexity index is 884. The SMILES string of the molecule is Cc1ccc2ccc3oc4ccccc4c3c2c1. The summed E-state index contributed by atoms with van der Waals surface area (Å²) in [6.07, 6.45) is 0. The first-order valence-electron chi connectivity index (χ1n) is 6.13. The van der Waals surface area contributed by atoms with Gasteiger partial charge in [0.15, 0.2) is 0 Å². The number of furan rings is 1. The Hall–Kier alpha value is -2.28. The van der Waals surface area contributed by atoms with Crippen molar-refractivity contribution in [1.82, 2.24) is 0 Å². The van der Waals surface area contributed by atoms with E-state index in [4.69, 9.17) is 4.42 Å². The van der Waals surface area contributed by atoms with E-state index in [2.05, 4.69) is 49.4 Å². The van der Waals surface area contributed by atoms with Crippen LogP contribution < -0.4 is 0 Å². The Morgan fingerprint density at radius 2 is 1.61 bits per heavy atom. The minimum atomic E-state index is 0.960. The van der Waals surface area contributed by atoms with Crippen LogP contribution in [0.1, 0.15) is 5.56 Å². The van der Waals surface area contributed by atoms with Gasteiger partial charge in [0.25, 0.3) is 0 Å². The maximum Gasteiger partial charge on any atom is 0.136 e. The third-order valence-corrected chi connectivity index (χ3v) is 3.52. The molecular formula is C17H12O. The second kappa shape index (κ2) is 3.36. The van der Waals surface area contributed by atoms with E-state index in [1.807, 2.05) is 12.1 Å². The van der Waals surface area contributed by atoms with E-state index >= 15 is 0 Å². The zero-order valence-electron chi connectivity index (χ0n) is 10.1. The molecule has 0 saturated carbocycles. The van der Waals surface area contributed by atoms with Gasteiger partial charge in [-0.25, -0.2) is 0 Å². The highest BCUT2D eigenvalue weighted by Crippen LogP contribution is 2.34. The fraction of sp³-hybridized carbons (Fsp3) is 0.0588. The fourth-order valence-corrected chi connectivity index (χ4v) is 2.66. The molecule has 1 heterocycles. The van der Waals surface area contributed by atoms with Crippen LogP contribution in [0.15, 0.2) is 59.0 Å². The van der Waals surface area contributed by atoms with Crippen molar-refractivity contribution >= 4 is 32.7 Å². The third-order valence-electron chi connectivity index (χ3n) is 3.52. The Morgan fingerprint density at radius 3 is 2.56 bits per heavy atom. The highest BCUT2D eigenvalue weighted by atomic mass is 16.3. The highest BCUT2D eigenvalue weighted by molar-refractivity contribution is 6.18. The molecule has 1 heteroatoms. The number of benzene rings is 3. The van der Waals surface area contributed by atoms with Gasteiger partial charge in [-0.15, -0.1) is 0 Å². The smallest absolute Gasteiger partial charge is 0.136 e. The number of rotatable bonds is 0. The van der Waals surface area contributed by atoms with Gasteiger partial charge in [-0.05, 0) is 29.8 Å². The topological polar surface area (TPSA) is 13.1 Å². The summed E-state index contributed by atoms with van der Waals surface area (Å²) in [5.41, 5.74) is 3.20.